The van der Waals surface area contributed by atoms with E-state index in [0.717, 1.165) is 4.90 Å². The van der Waals surface area contributed by atoms with Crippen LogP contribution in [0.4, 0.5) is 0 Å². The zero-order valence-electron chi connectivity index (χ0n) is 9.76. The molecule has 0 aliphatic carbocycles. The lowest BCUT2D eigenvalue weighted by Gasteiger charge is -2.16. The van der Waals surface area contributed by atoms with Crippen LogP contribution in [0.2, 0.25) is 0 Å². The molecule has 0 unspecified atom stereocenters. The van der Waals surface area contributed by atoms with Crippen LogP contribution in [0.3, 0.4) is 0 Å². The van der Waals surface area contributed by atoms with Crippen LogP contribution in [-0.2, 0) is 0 Å². The fourth-order valence-electron chi connectivity index (χ4n) is 1.82. The van der Waals surface area contributed by atoms with Crippen molar-refractivity contribution in [3.05, 3.63) is 28.8 Å². The molecule has 0 spiro atoms. The first-order valence-corrected chi connectivity index (χ1v) is 5.71. The predicted octanol–water partition coefficient (Wildman–Crippen LogP) is 4.53. The molecule has 1 aromatic carbocycles. The summed E-state index contributed by atoms with van der Waals surface area (Å²) >= 11 is 4.55. The van der Waals surface area contributed by atoms with Crippen LogP contribution in [0.15, 0.2) is 17.0 Å². The molecule has 0 atom stereocenters. The summed E-state index contributed by atoms with van der Waals surface area (Å²) in [6, 6.07) is 4.50. The van der Waals surface area contributed by atoms with Crippen LogP contribution in [0.5, 0.6) is 0 Å². The van der Waals surface area contributed by atoms with Gasteiger partial charge < -0.3 is 0 Å². The van der Waals surface area contributed by atoms with Gasteiger partial charge >= 0.3 is 0 Å². The van der Waals surface area contributed by atoms with Gasteiger partial charge in [0.15, 0.2) is 0 Å². The van der Waals surface area contributed by atoms with Crippen molar-refractivity contribution in [3.8, 4) is 0 Å². The summed E-state index contributed by atoms with van der Waals surface area (Å²) < 4.78 is 0. The topological polar surface area (TPSA) is 0 Å². The van der Waals surface area contributed by atoms with E-state index in [-0.39, 0.29) is 0 Å². The monoisotopic (exact) mass is 208 g/mol. The zero-order valence-corrected chi connectivity index (χ0v) is 10.7. The van der Waals surface area contributed by atoms with Crippen LogP contribution in [0.25, 0.3) is 0 Å². The molecule has 0 saturated heterocycles. The summed E-state index contributed by atoms with van der Waals surface area (Å²) in [7, 11) is 0. The van der Waals surface area contributed by atoms with Crippen LogP contribution >= 0.6 is 12.6 Å². The third-order valence-electron chi connectivity index (χ3n) is 2.66. The maximum Gasteiger partial charge on any atom is 0.00776 e. The highest BCUT2D eigenvalue weighted by atomic mass is 32.1. The maximum absolute atomic E-state index is 4.55. The number of thiol groups is 1. The summed E-state index contributed by atoms with van der Waals surface area (Å²) in [6.07, 6.45) is 0. The van der Waals surface area contributed by atoms with Crippen LogP contribution in [0, 0.1) is 6.92 Å². The number of hydrogen-bond acceptors (Lipinski definition) is 1. The Morgan fingerprint density at radius 2 is 1.43 bits per heavy atom. The van der Waals surface area contributed by atoms with Gasteiger partial charge in [0.05, 0.1) is 0 Å². The zero-order chi connectivity index (χ0) is 10.9. The minimum absolute atomic E-state index is 0.558. The molecule has 0 aromatic heterocycles. The second-order valence-electron chi connectivity index (χ2n) is 4.58. The molecule has 14 heavy (non-hydrogen) atoms. The van der Waals surface area contributed by atoms with Crippen molar-refractivity contribution < 1.29 is 0 Å². The Hall–Kier alpha value is -0.430. The second kappa shape index (κ2) is 4.39. The summed E-state index contributed by atoms with van der Waals surface area (Å²) in [4.78, 5) is 1.13. The van der Waals surface area contributed by atoms with Crippen molar-refractivity contribution >= 4 is 12.6 Å². The van der Waals surface area contributed by atoms with Gasteiger partial charge in [-0.1, -0.05) is 33.8 Å². The first-order chi connectivity index (χ1) is 6.43. The lowest BCUT2D eigenvalue weighted by Crippen LogP contribution is -1.97. The van der Waals surface area contributed by atoms with E-state index < -0.39 is 0 Å². The van der Waals surface area contributed by atoms with Gasteiger partial charge in [-0.2, -0.15) is 0 Å². The summed E-state index contributed by atoms with van der Waals surface area (Å²) in [5.41, 5.74) is 4.16. The van der Waals surface area contributed by atoms with E-state index in [1.807, 2.05) is 0 Å². The molecule has 1 rings (SSSR count). The van der Waals surface area contributed by atoms with Gasteiger partial charge in [0.1, 0.15) is 0 Å². The Kier molecular flexibility index (Phi) is 3.65. The van der Waals surface area contributed by atoms with E-state index in [9.17, 15) is 0 Å². The molecule has 0 aliphatic heterocycles. The fraction of sp³-hybridized carbons (Fsp3) is 0.538. The number of hydrogen-bond donors (Lipinski definition) is 1. The number of aryl methyl sites for hydroxylation is 1. The summed E-state index contributed by atoms with van der Waals surface area (Å²) in [5, 5.41) is 0. The molecule has 0 nitrogen and oxygen atoms in total. The lowest BCUT2D eigenvalue weighted by atomic mass is 9.93. The molecule has 78 valence electrons. The molecule has 0 amide bonds. The third kappa shape index (κ3) is 2.33. The average molecular weight is 208 g/mol. The molecule has 1 heteroatoms. The van der Waals surface area contributed by atoms with Crippen molar-refractivity contribution in [3.63, 3.8) is 0 Å². The normalized spacial score (nSPS) is 11.4. The largest absolute Gasteiger partial charge is 0.143 e. The minimum Gasteiger partial charge on any atom is -0.143 e. The van der Waals surface area contributed by atoms with Gasteiger partial charge in [0.25, 0.3) is 0 Å². The van der Waals surface area contributed by atoms with E-state index in [1.54, 1.807) is 0 Å². The van der Waals surface area contributed by atoms with Crippen LogP contribution in [0.1, 0.15) is 56.2 Å². The molecule has 0 bridgehead atoms. The van der Waals surface area contributed by atoms with Gasteiger partial charge in [-0.3, -0.25) is 0 Å². The third-order valence-corrected chi connectivity index (χ3v) is 3.05. The Labute approximate surface area is 93.1 Å². The lowest BCUT2D eigenvalue weighted by molar-refractivity contribution is 0.814. The molecule has 0 saturated carbocycles. The van der Waals surface area contributed by atoms with Crippen molar-refractivity contribution in [1.82, 2.24) is 0 Å². The highest BCUT2D eigenvalue weighted by molar-refractivity contribution is 7.80. The van der Waals surface area contributed by atoms with E-state index in [0.29, 0.717) is 11.8 Å². The Morgan fingerprint density at radius 3 is 1.86 bits per heavy atom. The molecule has 0 aliphatic rings. The molecular weight excluding hydrogens is 188 g/mol. The highest BCUT2D eigenvalue weighted by Crippen LogP contribution is 2.29. The average Bonchev–Trinajstić information content (AvgIpc) is 2.07. The smallest absolute Gasteiger partial charge is 0.00776 e. The van der Waals surface area contributed by atoms with Crippen LogP contribution in [-0.4, -0.2) is 0 Å². The quantitative estimate of drug-likeness (QED) is 0.678. The van der Waals surface area contributed by atoms with Gasteiger partial charge in [-0.15, -0.1) is 12.6 Å². The highest BCUT2D eigenvalue weighted by Gasteiger charge is 2.09. The van der Waals surface area contributed by atoms with E-state index >= 15 is 0 Å². The molecule has 0 radical (unpaired) electrons. The maximum atomic E-state index is 4.55. The van der Waals surface area contributed by atoms with E-state index in [1.165, 1.54) is 16.7 Å². The Morgan fingerprint density at radius 1 is 0.929 bits per heavy atom. The number of rotatable bonds is 2. The van der Waals surface area contributed by atoms with Crippen molar-refractivity contribution in [2.45, 2.75) is 51.3 Å². The Balaban J connectivity index is 3.24. The summed E-state index contributed by atoms with van der Waals surface area (Å²) in [5.74, 6) is 1.14. The fourth-order valence-corrected chi connectivity index (χ4v) is 2.28. The first kappa shape index (κ1) is 11.6. The van der Waals surface area contributed by atoms with Crippen LogP contribution < -0.4 is 0 Å². The SMILES string of the molecule is Cc1cc(C(C)C)c(S)cc1C(C)C. The molecule has 0 heterocycles. The number of benzene rings is 1. The van der Waals surface area contributed by atoms with Crippen molar-refractivity contribution in [2.24, 2.45) is 0 Å². The van der Waals surface area contributed by atoms with Gasteiger partial charge in [0, 0.05) is 4.90 Å². The first-order valence-electron chi connectivity index (χ1n) is 5.27. The van der Waals surface area contributed by atoms with Gasteiger partial charge in [0.2, 0.25) is 0 Å². The Bertz CT molecular complexity index is 291. The minimum atomic E-state index is 0.558. The standard InChI is InChI=1S/C13H20S/c1-8(2)11-7-13(14)12(9(3)4)6-10(11)5/h6-9,14H,1-5H3. The van der Waals surface area contributed by atoms with E-state index in [4.69, 9.17) is 0 Å². The molecular formula is C13H20S. The molecule has 0 N–H and O–H groups in total. The molecule has 1 aromatic rings. The van der Waals surface area contributed by atoms with Crippen molar-refractivity contribution in [1.29, 1.82) is 0 Å². The van der Waals surface area contributed by atoms with Crippen molar-refractivity contribution in [2.75, 3.05) is 0 Å². The molecule has 0 fully saturated rings. The van der Waals surface area contributed by atoms with Gasteiger partial charge in [-0.05, 0) is 41.5 Å². The van der Waals surface area contributed by atoms with E-state index in [2.05, 4.69) is 59.4 Å². The van der Waals surface area contributed by atoms with Gasteiger partial charge in [-0.25, -0.2) is 0 Å². The predicted molar refractivity (Wildman–Crippen MR) is 66.6 cm³/mol. The second-order valence-corrected chi connectivity index (χ2v) is 5.06. The summed E-state index contributed by atoms with van der Waals surface area (Å²) in [6.45, 7) is 11.1.